The maximum atomic E-state index is 13.5. The number of amides is 1. The van der Waals surface area contributed by atoms with Crippen molar-refractivity contribution in [2.75, 3.05) is 19.1 Å². The van der Waals surface area contributed by atoms with Crippen LogP contribution in [0.3, 0.4) is 0 Å². The Bertz CT molecular complexity index is 1400. The first-order valence-electron chi connectivity index (χ1n) is 12.9. The Kier molecular flexibility index (Phi) is 7.72. The fraction of sp³-hybridized carbons (Fsp3) is 0.312. The van der Waals surface area contributed by atoms with Crippen molar-refractivity contribution in [3.05, 3.63) is 89.0 Å². The number of aliphatic hydroxyl groups excluding tert-OH is 1. The van der Waals surface area contributed by atoms with Crippen molar-refractivity contribution in [3.63, 3.8) is 0 Å². The fourth-order valence-corrected chi connectivity index (χ4v) is 4.75. The van der Waals surface area contributed by atoms with Crippen LogP contribution in [0, 0.1) is 0 Å². The highest BCUT2D eigenvalue weighted by Gasteiger charge is 2.47. The number of ketones is 1. The Hall–Kier alpha value is -4.26. The van der Waals surface area contributed by atoms with Crippen LogP contribution in [0.15, 0.2) is 72.3 Å². The van der Waals surface area contributed by atoms with Gasteiger partial charge < -0.3 is 19.3 Å². The Morgan fingerprint density at radius 2 is 1.49 bits per heavy atom. The van der Waals surface area contributed by atoms with Crippen LogP contribution in [0.25, 0.3) is 5.76 Å². The van der Waals surface area contributed by atoms with Gasteiger partial charge in [-0.3, -0.25) is 14.5 Å². The van der Waals surface area contributed by atoms with Crippen LogP contribution >= 0.6 is 0 Å². The minimum atomic E-state index is -0.854. The molecule has 39 heavy (non-hydrogen) atoms. The van der Waals surface area contributed by atoms with Gasteiger partial charge in [0.25, 0.3) is 11.7 Å². The predicted molar refractivity (Wildman–Crippen MR) is 152 cm³/mol. The van der Waals surface area contributed by atoms with Crippen molar-refractivity contribution in [2.45, 2.75) is 52.2 Å². The number of rotatable bonds is 7. The molecule has 0 bridgehead atoms. The third-order valence-electron chi connectivity index (χ3n) is 6.64. The number of carbonyl (C=O) groups excluding carboxylic acids is 2. The van der Waals surface area contributed by atoms with E-state index in [9.17, 15) is 14.7 Å². The first kappa shape index (κ1) is 27.8. The highest BCUT2D eigenvalue weighted by Crippen LogP contribution is 2.43. The van der Waals surface area contributed by atoms with Gasteiger partial charge in [0.05, 0.1) is 31.9 Å². The first-order chi connectivity index (χ1) is 18.5. The lowest BCUT2D eigenvalue weighted by Crippen LogP contribution is -2.29. The van der Waals surface area contributed by atoms with Crippen molar-refractivity contribution in [1.82, 2.24) is 0 Å². The van der Waals surface area contributed by atoms with Crippen molar-refractivity contribution in [3.8, 4) is 17.2 Å². The quantitative estimate of drug-likeness (QED) is 0.216. The lowest BCUT2D eigenvalue weighted by molar-refractivity contribution is -0.132. The molecule has 1 fully saturated rings. The van der Waals surface area contributed by atoms with Gasteiger partial charge in [0.2, 0.25) is 0 Å². The topological polar surface area (TPSA) is 85.3 Å². The van der Waals surface area contributed by atoms with E-state index in [-0.39, 0.29) is 22.9 Å². The number of ether oxygens (including phenoxy) is 3. The van der Waals surface area contributed by atoms with E-state index >= 15 is 0 Å². The lowest BCUT2D eigenvalue weighted by Gasteiger charge is -2.26. The van der Waals surface area contributed by atoms with Crippen LogP contribution in [0.5, 0.6) is 17.2 Å². The normalized spacial score (nSPS) is 17.0. The van der Waals surface area contributed by atoms with Crippen molar-refractivity contribution >= 4 is 23.1 Å². The number of anilines is 1. The molecule has 0 saturated carbocycles. The van der Waals surface area contributed by atoms with Crippen LogP contribution in [-0.2, 0) is 15.0 Å². The molecule has 1 atom stereocenters. The summed E-state index contributed by atoms with van der Waals surface area (Å²) < 4.78 is 16.6. The molecule has 1 aliphatic rings. The second kappa shape index (κ2) is 10.8. The summed E-state index contributed by atoms with van der Waals surface area (Å²) in [5.74, 6) is 0.234. The summed E-state index contributed by atoms with van der Waals surface area (Å²) in [7, 11) is 3.16. The average Bonchev–Trinajstić information content (AvgIpc) is 3.17. The van der Waals surface area contributed by atoms with E-state index in [1.165, 1.54) is 4.90 Å². The number of methoxy groups -OCH3 is 2. The molecule has 1 heterocycles. The van der Waals surface area contributed by atoms with Gasteiger partial charge in [-0.05, 0) is 79.4 Å². The number of aliphatic hydroxyl groups is 1. The standard InChI is InChI=1S/C32H35NO6/c1-19(2)39-24-15-11-22(12-16-24)33-28(20-8-13-23(37-6)14-9-20)27(30(35)31(33)36)29(34)21-10-17-26(38-7)25(18-21)32(3,4)5/h8-19,28,34H,1-7H3/b29-27-. The Labute approximate surface area is 229 Å². The molecule has 3 aromatic carbocycles. The molecule has 1 amide bonds. The zero-order chi connectivity index (χ0) is 28.5. The number of carbonyl (C=O) groups is 2. The molecular formula is C32H35NO6. The van der Waals surface area contributed by atoms with Crippen molar-refractivity contribution in [2.24, 2.45) is 0 Å². The van der Waals surface area contributed by atoms with Gasteiger partial charge in [-0.2, -0.15) is 0 Å². The van der Waals surface area contributed by atoms with E-state index < -0.39 is 17.7 Å². The summed E-state index contributed by atoms with van der Waals surface area (Å²) in [6.07, 6.45) is -0.00753. The van der Waals surface area contributed by atoms with Crippen LogP contribution in [-0.4, -0.2) is 37.1 Å². The molecule has 7 nitrogen and oxygen atoms in total. The second-order valence-electron chi connectivity index (χ2n) is 10.8. The molecule has 3 aromatic rings. The van der Waals surface area contributed by atoms with Gasteiger partial charge in [0.1, 0.15) is 23.0 Å². The van der Waals surface area contributed by atoms with Crippen LogP contribution in [0.2, 0.25) is 0 Å². The van der Waals surface area contributed by atoms with Crippen LogP contribution < -0.4 is 19.1 Å². The fourth-order valence-electron chi connectivity index (χ4n) is 4.75. The second-order valence-corrected chi connectivity index (χ2v) is 10.8. The smallest absolute Gasteiger partial charge is 0.300 e. The van der Waals surface area contributed by atoms with E-state index in [4.69, 9.17) is 14.2 Å². The van der Waals surface area contributed by atoms with Gasteiger partial charge >= 0.3 is 0 Å². The minimum absolute atomic E-state index is 0.00753. The van der Waals surface area contributed by atoms with E-state index in [0.29, 0.717) is 34.1 Å². The summed E-state index contributed by atoms with van der Waals surface area (Å²) in [4.78, 5) is 28.5. The number of hydrogen-bond donors (Lipinski definition) is 1. The summed E-state index contributed by atoms with van der Waals surface area (Å²) >= 11 is 0. The molecule has 1 unspecified atom stereocenters. The first-order valence-corrected chi connectivity index (χ1v) is 12.9. The zero-order valence-electron chi connectivity index (χ0n) is 23.4. The highest BCUT2D eigenvalue weighted by molar-refractivity contribution is 6.51. The molecule has 0 aliphatic carbocycles. The third kappa shape index (κ3) is 5.48. The monoisotopic (exact) mass is 529 g/mol. The third-order valence-corrected chi connectivity index (χ3v) is 6.64. The largest absolute Gasteiger partial charge is 0.507 e. The Morgan fingerprint density at radius 1 is 0.872 bits per heavy atom. The number of benzene rings is 3. The van der Waals surface area contributed by atoms with E-state index in [1.54, 1.807) is 74.9 Å². The van der Waals surface area contributed by atoms with Crippen LogP contribution in [0.4, 0.5) is 5.69 Å². The molecule has 1 aliphatic heterocycles. The predicted octanol–water partition coefficient (Wildman–Crippen LogP) is 6.41. The van der Waals surface area contributed by atoms with Gasteiger partial charge in [-0.15, -0.1) is 0 Å². The van der Waals surface area contributed by atoms with E-state index in [1.807, 2.05) is 40.7 Å². The van der Waals surface area contributed by atoms with Crippen LogP contribution in [0.1, 0.15) is 57.4 Å². The van der Waals surface area contributed by atoms with Gasteiger partial charge in [0.15, 0.2) is 0 Å². The average molecular weight is 530 g/mol. The summed E-state index contributed by atoms with van der Waals surface area (Å²) in [5.41, 5.74) is 2.19. The molecule has 204 valence electrons. The zero-order valence-corrected chi connectivity index (χ0v) is 23.4. The summed E-state index contributed by atoms with van der Waals surface area (Å²) in [5, 5.41) is 11.6. The SMILES string of the molecule is COc1ccc(C2/C(=C(/O)c3ccc(OC)c(C(C)(C)C)c3)C(=O)C(=O)N2c2ccc(OC(C)C)cc2)cc1. The number of hydrogen-bond acceptors (Lipinski definition) is 6. The number of nitrogens with zero attached hydrogens (tertiary/aromatic N) is 1. The van der Waals surface area contributed by atoms with Gasteiger partial charge in [-0.1, -0.05) is 32.9 Å². The minimum Gasteiger partial charge on any atom is -0.507 e. The molecular weight excluding hydrogens is 494 g/mol. The maximum Gasteiger partial charge on any atom is 0.300 e. The molecule has 0 spiro atoms. The summed E-state index contributed by atoms with van der Waals surface area (Å²) in [6.45, 7) is 9.98. The summed E-state index contributed by atoms with van der Waals surface area (Å²) in [6, 6.07) is 18.5. The van der Waals surface area contributed by atoms with E-state index in [0.717, 1.165) is 5.56 Å². The maximum absolute atomic E-state index is 13.5. The Morgan fingerprint density at radius 3 is 2.03 bits per heavy atom. The molecule has 4 rings (SSSR count). The van der Waals surface area contributed by atoms with Gasteiger partial charge in [0, 0.05) is 16.8 Å². The number of Topliss-reactive ketones (excluding diaryl/α,β-unsaturated/α-hetero) is 1. The van der Waals surface area contributed by atoms with Gasteiger partial charge in [-0.25, -0.2) is 0 Å². The van der Waals surface area contributed by atoms with Crippen molar-refractivity contribution < 1.29 is 28.9 Å². The van der Waals surface area contributed by atoms with E-state index in [2.05, 4.69) is 0 Å². The molecule has 0 aromatic heterocycles. The Balaban J connectivity index is 1.90. The highest BCUT2D eigenvalue weighted by atomic mass is 16.5. The lowest BCUT2D eigenvalue weighted by atomic mass is 9.84. The molecule has 1 N–H and O–H groups in total. The molecule has 7 heteroatoms. The molecule has 0 radical (unpaired) electrons. The molecule has 1 saturated heterocycles. The van der Waals surface area contributed by atoms with Crippen molar-refractivity contribution in [1.29, 1.82) is 0 Å².